The molecule has 1 fully saturated rings. The van der Waals surface area contributed by atoms with Gasteiger partial charge in [0.1, 0.15) is 0 Å². The molecule has 19 heavy (non-hydrogen) atoms. The second kappa shape index (κ2) is 6.25. The molecule has 2 N–H and O–H groups in total. The lowest BCUT2D eigenvalue weighted by atomic mass is 9.60. The first kappa shape index (κ1) is 16.5. The number of ether oxygens (including phenoxy) is 1. The first-order valence-corrected chi connectivity index (χ1v) is 7.60. The summed E-state index contributed by atoms with van der Waals surface area (Å²) in [7, 11) is 1.46. The van der Waals surface area contributed by atoms with E-state index in [0.29, 0.717) is 11.8 Å². The highest BCUT2D eigenvalue weighted by Crippen LogP contribution is 2.49. The van der Waals surface area contributed by atoms with Crippen molar-refractivity contribution in [3.05, 3.63) is 0 Å². The second-order valence-electron chi connectivity index (χ2n) is 7.02. The van der Waals surface area contributed by atoms with Crippen LogP contribution in [0.25, 0.3) is 0 Å². The normalized spacial score (nSPS) is 29.9. The van der Waals surface area contributed by atoms with E-state index >= 15 is 0 Å². The molecular weight excluding hydrogens is 238 g/mol. The Morgan fingerprint density at radius 1 is 1.42 bits per heavy atom. The zero-order valence-electron chi connectivity index (χ0n) is 13.3. The van der Waals surface area contributed by atoms with E-state index in [1.807, 2.05) is 6.92 Å². The molecule has 0 aliphatic heterocycles. The molecule has 0 radical (unpaired) electrons. The molecule has 0 saturated heterocycles. The van der Waals surface area contributed by atoms with Crippen LogP contribution in [0.15, 0.2) is 0 Å². The van der Waals surface area contributed by atoms with Crippen LogP contribution >= 0.6 is 0 Å². The number of hydrogen-bond donors (Lipinski definition) is 1. The minimum Gasteiger partial charge on any atom is -0.469 e. The highest BCUT2D eigenvalue weighted by molar-refractivity contribution is 5.70. The van der Waals surface area contributed by atoms with Crippen LogP contribution in [-0.4, -0.2) is 19.1 Å². The summed E-state index contributed by atoms with van der Waals surface area (Å²) in [6, 6.07) is 0.0530. The zero-order valence-corrected chi connectivity index (χ0v) is 13.3. The molecule has 1 aliphatic carbocycles. The predicted octanol–water partition coefficient (Wildman–Crippen LogP) is 3.51. The van der Waals surface area contributed by atoms with Gasteiger partial charge < -0.3 is 10.5 Å². The van der Waals surface area contributed by atoms with E-state index in [1.54, 1.807) is 0 Å². The Kier molecular flexibility index (Phi) is 5.43. The van der Waals surface area contributed by atoms with E-state index in [1.165, 1.54) is 26.4 Å². The third-order valence-corrected chi connectivity index (χ3v) is 5.69. The van der Waals surface area contributed by atoms with Crippen molar-refractivity contribution >= 4 is 5.97 Å². The van der Waals surface area contributed by atoms with Gasteiger partial charge in [0, 0.05) is 6.04 Å². The molecule has 0 spiro atoms. The van der Waals surface area contributed by atoms with Crippen molar-refractivity contribution < 1.29 is 9.53 Å². The molecule has 0 heterocycles. The Morgan fingerprint density at radius 2 is 1.95 bits per heavy atom. The average molecular weight is 269 g/mol. The molecule has 0 bridgehead atoms. The van der Waals surface area contributed by atoms with Crippen LogP contribution in [0.1, 0.15) is 66.2 Å². The van der Waals surface area contributed by atoms with E-state index in [2.05, 4.69) is 20.8 Å². The molecule has 3 nitrogen and oxygen atoms in total. The molecule has 1 aliphatic rings. The Bertz CT molecular complexity index is 302. The van der Waals surface area contributed by atoms with Crippen molar-refractivity contribution in [2.75, 3.05) is 7.11 Å². The Labute approximate surface area is 118 Å². The van der Waals surface area contributed by atoms with Gasteiger partial charge in [-0.05, 0) is 49.4 Å². The number of carbonyl (C=O) groups is 1. The monoisotopic (exact) mass is 269 g/mol. The van der Waals surface area contributed by atoms with E-state index in [4.69, 9.17) is 10.5 Å². The van der Waals surface area contributed by atoms with Crippen molar-refractivity contribution in [1.29, 1.82) is 0 Å². The molecule has 112 valence electrons. The molecule has 0 amide bonds. The highest BCUT2D eigenvalue weighted by Gasteiger charge is 2.43. The topological polar surface area (TPSA) is 52.3 Å². The SMILES string of the molecule is CCC(C)(C)C1CCC(CC(=O)OC)(C(C)N)CC1. The summed E-state index contributed by atoms with van der Waals surface area (Å²) < 4.78 is 4.85. The maximum Gasteiger partial charge on any atom is 0.306 e. The summed E-state index contributed by atoms with van der Waals surface area (Å²) in [5.41, 5.74) is 6.53. The van der Waals surface area contributed by atoms with Gasteiger partial charge in [-0.2, -0.15) is 0 Å². The number of methoxy groups -OCH3 is 1. The predicted molar refractivity (Wildman–Crippen MR) is 78.7 cm³/mol. The van der Waals surface area contributed by atoms with Crippen LogP contribution in [0.5, 0.6) is 0 Å². The highest BCUT2D eigenvalue weighted by atomic mass is 16.5. The van der Waals surface area contributed by atoms with Gasteiger partial charge in [0.25, 0.3) is 0 Å². The molecular formula is C16H31NO2. The van der Waals surface area contributed by atoms with Gasteiger partial charge in [0.05, 0.1) is 13.5 Å². The first-order chi connectivity index (χ1) is 8.77. The molecule has 1 saturated carbocycles. The quantitative estimate of drug-likeness (QED) is 0.777. The zero-order chi connectivity index (χ0) is 14.7. The number of hydrogen-bond acceptors (Lipinski definition) is 3. The third kappa shape index (κ3) is 3.71. The molecule has 3 heteroatoms. The number of nitrogens with two attached hydrogens (primary N) is 1. The third-order valence-electron chi connectivity index (χ3n) is 5.69. The maximum atomic E-state index is 11.6. The summed E-state index contributed by atoms with van der Waals surface area (Å²) in [6.45, 7) is 9.02. The number of esters is 1. The van der Waals surface area contributed by atoms with Gasteiger partial charge >= 0.3 is 5.97 Å². The van der Waals surface area contributed by atoms with Crippen LogP contribution in [0, 0.1) is 16.7 Å². The summed E-state index contributed by atoms with van der Waals surface area (Å²) in [4.78, 5) is 11.6. The van der Waals surface area contributed by atoms with Gasteiger partial charge in [0.15, 0.2) is 0 Å². The minimum atomic E-state index is -0.120. The van der Waals surface area contributed by atoms with E-state index in [9.17, 15) is 4.79 Å². The first-order valence-electron chi connectivity index (χ1n) is 7.60. The van der Waals surface area contributed by atoms with E-state index in [0.717, 1.165) is 18.8 Å². The lowest BCUT2D eigenvalue weighted by Crippen LogP contribution is -2.45. The standard InChI is InChI=1S/C16H31NO2/c1-6-15(3,4)13-7-9-16(10-8-13,12(2)17)11-14(18)19-5/h12-13H,6-11,17H2,1-5H3. The Morgan fingerprint density at radius 3 is 2.32 bits per heavy atom. The fourth-order valence-corrected chi connectivity index (χ4v) is 3.42. The van der Waals surface area contributed by atoms with Crippen molar-refractivity contribution in [2.45, 2.75) is 72.3 Å². The lowest BCUT2D eigenvalue weighted by Gasteiger charge is -2.46. The summed E-state index contributed by atoms with van der Waals surface area (Å²) in [6.07, 6.45) is 6.14. The van der Waals surface area contributed by atoms with E-state index in [-0.39, 0.29) is 17.4 Å². The molecule has 0 aromatic heterocycles. The van der Waals surface area contributed by atoms with Crippen LogP contribution in [0.2, 0.25) is 0 Å². The van der Waals surface area contributed by atoms with Crippen molar-refractivity contribution in [2.24, 2.45) is 22.5 Å². The van der Waals surface area contributed by atoms with Gasteiger partial charge in [-0.3, -0.25) is 4.79 Å². The maximum absolute atomic E-state index is 11.6. The largest absolute Gasteiger partial charge is 0.469 e. The van der Waals surface area contributed by atoms with Gasteiger partial charge in [0.2, 0.25) is 0 Å². The second-order valence-corrected chi connectivity index (χ2v) is 7.02. The van der Waals surface area contributed by atoms with E-state index < -0.39 is 0 Å². The molecule has 1 unspecified atom stereocenters. The summed E-state index contributed by atoms with van der Waals surface area (Å²) in [5, 5.41) is 0. The van der Waals surface area contributed by atoms with Gasteiger partial charge in [-0.15, -0.1) is 0 Å². The van der Waals surface area contributed by atoms with Gasteiger partial charge in [-0.25, -0.2) is 0 Å². The van der Waals surface area contributed by atoms with Crippen LogP contribution in [0.4, 0.5) is 0 Å². The Balaban J connectivity index is 2.73. The summed E-state index contributed by atoms with van der Waals surface area (Å²) >= 11 is 0. The van der Waals surface area contributed by atoms with Crippen molar-refractivity contribution in [3.63, 3.8) is 0 Å². The molecule has 1 atom stereocenters. The van der Waals surface area contributed by atoms with Gasteiger partial charge in [-0.1, -0.05) is 27.2 Å². The smallest absolute Gasteiger partial charge is 0.306 e. The number of carbonyl (C=O) groups excluding carboxylic acids is 1. The molecule has 0 aromatic rings. The van der Waals surface area contributed by atoms with Crippen molar-refractivity contribution in [3.8, 4) is 0 Å². The molecule has 0 aromatic carbocycles. The fraction of sp³-hybridized carbons (Fsp3) is 0.938. The number of rotatable bonds is 5. The van der Waals surface area contributed by atoms with Crippen molar-refractivity contribution in [1.82, 2.24) is 0 Å². The van der Waals surface area contributed by atoms with Crippen LogP contribution in [0.3, 0.4) is 0 Å². The Hall–Kier alpha value is -0.570. The fourth-order valence-electron chi connectivity index (χ4n) is 3.42. The summed E-state index contributed by atoms with van der Waals surface area (Å²) in [5.74, 6) is 0.632. The lowest BCUT2D eigenvalue weighted by molar-refractivity contribution is -0.144. The van der Waals surface area contributed by atoms with Crippen LogP contribution in [-0.2, 0) is 9.53 Å². The van der Waals surface area contributed by atoms with Crippen LogP contribution < -0.4 is 5.73 Å². The minimum absolute atomic E-state index is 0.0482. The average Bonchev–Trinajstić information content (AvgIpc) is 2.39. The molecule has 1 rings (SSSR count).